The molecule has 4 nitrogen and oxygen atoms in total. The summed E-state index contributed by atoms with van der Waals surface area (Å²) in [6.07, 6.45) is 10.2. The lowest BCUT2D eigenvalue weighted by Crippen LogP contribution is -2.51. The van der Waals surface area contributed by atoms with Gasteiger partial charge >= 0.3 is 0 Å². The fourth-order valence-electron chi connectivity index (χ4n) is 6.49. The van der Waals surface area contributed by atoms with E-state index in [9.17, 15) is 14.3 Å². The summed E-state index contributed by atoms with van der Waals surface area (Å²) < 4.78 is 13.6. The number of halogens is 1. The molecule has 5 heteroatoms. The van der Waals surface area contributed by atoms with Crippen molar-refractivity contribution in [3.8, 4) is 0 Å². The van der Waals surface area contributed by atoms with E-state index in [1.54, 1.807) is 6.08 Å². The van der Waals surface area contributed by atoms with Gasteiger partial charge in [-0.15, -0.1) is 0 Å². The highest BCUT2D eigenvalue weighted by Gasteiger charge is 2.43. The highest BCUT2D eigenvalue weighted by molar-refractivity contribution is 5.91. The monoisotopic (exact) mass is 488 g/mol. The maximum atomic E-state index is 13.6. The van der Waals surface area contributed by atoms with Crippen LogP contribution in [-0.2, 0) is 10.2 Å². The van der Waals surface area contributed by atoms with Gasteiger partial charge in [0.25, 0.3) is 0 Å². The van der Waals surface area contributed by atoms with Crippen LogP contribution in [0.2, 0.25) is 0 Å². The maximum absolute atomic E-state index is 13.6. The predicted octanol–water partition coefficient (Wildman–Crippen LogP) is 5.05. The molecule has 3 aliphatic rings. The van der Waals surface area contributed by atoms with E-state index in [0.717, 1.165) is 37.9 Å². The Bertz CT molecular complexity index is 1150. The van der Waals surface area contributed by atoms with E-state index in [4.69, 9.17) is 0 Å². The zero-order valence-electron chi connectivity index (χ0n) is 21.4. The lowest BCUT2D eigenvalue weighted by Gasteiger charge is -2.45. The van der Waals surface area contributed by atoms with Crippen LogP contribution >= 0.6 is 0 Å². The van der Waals surface area contributed by atoms with Crippen LogP contribution in [-0.4, -0.2) is 59.6 Å². The number of nitrogens with zero attached hydrogens (tertiary/aromatic N) is 2. The van der Waals surface area contributed by atoms with Crippen molar-refractivity contribution in [1.29, 1.82) is 0 Å². The van der Waals surface area contributed by atoms with Crippen molar-refractivity contribution in [1.82, 2.24) is 9.80 Å². The van der Waals surface area contributed by atoms with E-state index < -0.39 is 0 Å². The second-order valence-electron chi connectivity index (χ2n) is 11.0. The minimum atomic E-state index is -0.374. The van der Waals surface area contributed by atoms with Gasteiger partial charge < -0.3 is 14.9 Å². The van der Waals surface area contributed by atoms with Gasteiger partial charge in [0.15, 0.2) is 0 Å². The number of allylic oxidation sites excluding steroid dienone is 1. The third kappa shape index (κ3) is 5.05. The Hall–Kier alpha value is -2.76. The van der Waals surface area contributed by atoms with E-state index in [1.165, 1.54) is 29.3 Å². The van der Waals surface area contributed by atoms with Crippen molar-refractivity contribution in [3.05, 3.63) is 82.7 Å². The van der Waals surface area contributed by atoms with E-state index >= 15 is 0 Å². The van der Waals surface area contributed by atoms with Gasteiger partial charge in [0.2, 0.25) is 5.91 Å². The van der Waals surface area contributed by atoms with Crippen molar-refractivity contribution >= 4 is 18.1 Å². The van der Waals surface area contributed by atoms with Crippen molar-refractivity contribution in [2.45, 2.75) is 44.6 Å². The molecule has 1 N–H and O–H groups in total. The molecule has 2 aromatic rings. The van der Waals surface area contributed by atoms with Crippen LogP contribution < -0.4 is 0 Å². The lowest BCUT2D eigenvalue weighted by molar-refractivity contribution is -0.128. The Balaban J connectivity index is 1.11. The minimum Gasteiger partial charge on any atom is -0.392 e. The first kappa shape index (κ1) is 24.9. The molecular formula is C31H37FN2O2. The zero-order valence-corrected chi connectivity index (χ0v) is 21.4. The summed E-state index contributed by atoms with van der Waals surface area (Å²) in [4.78, 5) is 16.9. The smallest absolute Gasteiger partial charge is 0.246 e. The Morgan fingerprint density at radius 1 is 1.19 bits per heavy atom. The van der Waals surface area contributed by atoms with Crippen LogP contribution in [0, 0.1) is 24.6 Å². The summed E-state index contributed by atoms with van der Waals surface area (Å²) in [7, 11) is 0. The molecule has 2 fully saturated rings. The topological polar surface area (TPSA) is 43.8 Å². The number of β-amino-alcohol motifs (C(OH)–C–C–N with tert-alkyl or cyclic N) is 1. The number of aliphatic hydroxyl groups excluding tert-OH is 1. The standard InChI is InChI=1S/C31H37FN2O2/c1-22-17-24(19-27(32)18-22)7-8-30(36)34-14-10-26(11-15-34)29(35)21-33-16-13-31(23(2)20-33)12-9-25-5-3-4-6-28(25)31/h3-9,12,17-19,23,26,29,35H,10-11,13-16,20-21H2,1-2H3/b8-7+. The van der Waals surface area contributed by atoms with Gasteiger partial charge in [0.1, 0.15) is 5.82 Å². The van der Waals surface area contributed by atoms with Crippen LogP contribution in [0.4, 0.5) is 4.39 Å². The van der Waals surface area contributed by atoms with Crippen molar-refractivity contribution in [3.63, 3.8) is 0 Å². The van der Waals surface area contributed by atoms with Crippen molar-refractivity contribution < 1.29 is 14.3 Å². The van der Waals surface area contributed by atoms with Crippen LogP contribution in [0.1, 0.15) is 48.4 Å². The molecule has 1 aliphatic carbocycles. The van der Waals surface area contributed by atoms with E-state index in [-0.39, 0.29) is 29.2 Å². The van der Waals surface area contributed by atoms with Gasteiger partial charge in [-0.2, -0.15) is 0 Å². The molecule has 0 radical (unpaired) electrons. The predicted molar refractivity (Wildman–Crippen MR) is 143 cm³/mol. The fraction of sp³-hybridized carbons (Fsp3) is 0.452. The van der Waals surface area contributed by atoms with Crippen LogP contribution in [0.5, 0.6) is 0 Å². The number of carbonyl (C=O) groups excluding carboxylic acids is 1. The zero-order chi connectivity index (χ0) is 25.3. The number of amides is 1. The largest absolute Gasteiger partial charge is 0.392 e. The Morgan fingerprint density at radius 2 is 1.97 bits per heavy atom. The number of hydrogen-bond acceptors (Lipinski definition) is 3. The molecule has 1 amide bonds. The molecule has 2 saturated heterocycles. The van der Waals surface area contributed by atoms with Crippen molar-refractivity contribution in [2.24, 2.45) is 11.8 Å². The number of aliphatic hydroxyl groups is 1. The van der Waals surface area contributed by atoms with Crippen LogP contribution in [0.15, 0.2) is 54.6 Å². The molecule has 2 aliphatic heterocycles. The number of piperidine rings is 2. The second-order valence-corrected chi connectivity index (χ2v) is 11.0. The fourth-order valence-corrected chi connectivity index (χ4v) is 6.49. The summed E-state index contributed by atoms with van der Waals surface area (Å²) in [6.45, 7) is 8.14. The molecule has 0 bridgehead atoms. The average Bonchev–Trinajstić information content (AvgIpc) is 3.24. The molecule has 3 unspecified atom stereocenters. The Labute approximate surface area is 214 Å². The summed E-state index contributed by atoms with van der Waals surface area (Å²) in [5, 5.41) is 11.0. The molecule has 3 atom stereocenters. The van der Waals surface area contributed by atoms with Gasteiger partial charge in [0, 0.05) is 37.7 Å². The average molecular weight is 489 g/mol. The highest BCUT2D eigenvalue weighted by Crippen LogP contribution is 2.46. The third-order valence-electron chi connectivity index (χ3n) is 8.60. The van der Waals surface area contributed by atoms with Gasteiger partial charge in [-0.05, 0) is 85.0 Å². The normalized spacial score (nSPS) is 25.6. The first-order valence-electron chi connectivity index (χ1n) is 13.3. The lowest BCUT2D eigenvalue weighted by atomic mass is 9.68. The quantitative estimate of drug-likeness (QED) is 0.599. The van der Waals surface area contributed by atoms with E-state index in [0.29, 0.717) is 31.1 Å². The van der Waals surface area contributed by atoms with Gasteiger partial charge in [-0.1, -0.05) is 49.4 Å². The number of fused-ring (bicyclic) bond motifs is 2. The number of aryl methyl sites for hydroxylation is 1. The van der Waals surface area contributed by atoms with Gasteiger partial charge in [-0.3, -0.25) is 4.79 Å². The van der Waals surface area contributed by atoms with Crippen molar-refractivity contribution in [2.75, 3.05) is 32.7 Å². The number of hydrogen-bond donors (Lipinski definition) is 1. The molecule has 2 aromatic carbocycles. The summed E-state index contributed by atoms with van der Waals surface area (Å²) in [6, 6.07) is 13.5. The van der Waals surface area contributed by atoms with E-state index in [2.05, 4.69) is 48.2 Å². The molecule has 0 aromatic heterocycles. The summed E-state index contributed by atoms with van der Waals surface area (Å²) in [5.74, 6) is 0.360. The van der Waals surface area contributed by atoms with Crippen LogP contribution in [0.25, 0.3) is 12.2 Å². The maximum Gasteiger partial charge on any atom is 0.246 e. The first-order valence-corrected chi connectivity index (χ1v) is 13.3. The highest BCUT2D eigenvalue weighted by atomic mass is 19.1. The Morgan fingerprint density at radius 3 is 2.72 bits per heavy atom. The number of rotatable bonds is 5. The summed E-state index contributed by atoms with van der Waals surface area (Å²) >= 11 is 0. The molecule has 1 spiro atoms. The molecular weight excluding hydrogens is 451 g/mol. The molecule has 5 rings (SSSR count). The second kappa shape index (κ2) is 10.3. The summed E-state index contributed by atoms with van der Waals surface area (Å²) in [5.41, 5.74) is 4.46. The van der Waals surface area contributed by atoms with Gasteiger partial charge in [-0.25, -0.2) is 4.39 Å². The number of benzene rings is 2. The van der Waals surface area contributed by atoms with E-state index in [1.807, 2.05) is 17.9 Å². The SMILES string of the molecule is Cc1cc(F)cc(/C=C/C(=O)N2CCC(C(O)CN3CCC4(C=Cc5ccccc54)C(C)C3)CC2)c1. The first-order chi connectivity index (χ1) is 17.3. The van der Waals surface area contributed by atoms with Gasteiger partial charge in [0.05, 0.1) is 6.10 Å². The number of likely N-dealkylation sites (tertiary alicyclic amines) is 2. The molecule has 36 heavy (non-hydrogen) atoms. The van der Waals surface area contributed by atoms with Crippen LogP contribution in [0.3, 0.4) is 0 Å². The molecule has 0 saturated carbocycles. The molecule has 2 heterocycles. The minimum absolute atomic E-state index is 0.0510. The number of carbonyl (C=O) groups is 1. The third-order valence-corrected chi connectivity index (χ3v) is 8.60. The Kier molecular flexibility index (Phi) is 7.14. The molecule has 190 valence electrons.